The van der Waals surface area contributed by atoms with Crippen molar-refractivity contribution in [3.05, 3.63) is 52.3 Å². The van der Waals surface area contributed by atoms with Gasteiger partial charge in [0.15, 0.2) is 11.3 Å². The molecule has 1 aromatic carbocycles. The van der Waals surface area contributed by atoms with Crippen molar-refractivity contribution in [3.63, 3.8) is 0 Å². The number of benzene rings is 1. The maximum Gasteiger partial charge on any atom is 0.269 e. The summed E-state index contributed by atoms with van der Waals surface area (Å²) in [4.78, 5) is 11.9. The van der Waals surface area contributed by atoms with E-state index in [0.717, 1.165) is 5.56 Å². The molecule has 0 aliphatic rings. The van der Waals surface area contributed by atoms with Gasteiger partial charge in [-0.05, 0) is 5.56 Å². The number of hydrogen-bond donors (Lipinski definition) is 2. The van der Waals surface area contributed by atoms with Gasteiger partial charge in [0.2, 0.25) is 0 Å². The van der Waals surface area contributed by atoms with E-state index in [1.807, 2.05) is 30.3 Å². The van der Waals surface area contributed by atoms with Crippen LogP contribution in [0.2, 0.25) is 0 Å². The topological polar surface area (TPSA) is 89.6 Å². The second-order valence-electron chi connectivity index (χ2n) is 4.00. The lowest BCUT2D eigenvalue weighted by Crippen LogP contribution is -2.22. The van der Waals surface area contributed by atoms with Crippen molar-refractivity contribution in [1.82, 2.24) is 20.0 Å². The van der Waals surface area contributed by atoms with Gasteiger partial charge >= 0.3 is 0 Å². The monoisotopic (exact) mass is 241 g/mol. The highest BCUT2D eigenvalue weighted by molar-refractivity contribution is 5.83. The van der Waals surface area contributed by atoms with Crippen molar-refractivity contribution in [2.45, 2.75) is 6.54 Å². The summed E-state index contributed by atoms with van der Waals surface area (Å²) < 4.78 is 1.38. The highest BCUT2D eigenvalue weighted by Gasteiger charge is 2.07. The van der Waals surface area contributed by atoms with Gasteiger partial charge in [0.1, 0.15) is 0 Å². The van der Waals surface area contributed by atoms with Crippen LogP contribution >= 0.6 is 0 Å². The molecule has 18 heavy (non-hydrogen) atoms. The zero-order valence-corrected chi connectivity index (χ0v) is 9.50. The molecule has 0 bridgehead atoms. The molecule has 0 atom stereocenters. The number of nitrogens with two attached hydrogens (primary N) is 1. The van der Waals surface area contributed by atoms with Crippen molar-refractivity contribution >= 4 is 16.9 Å². The first-order chi connectivity index (χ1) is 8.74. The molecule has 0 radical (unpaired) electrons. The lowest BCUT2D eigenvalue weighted by molar-refractivity contribution is 0.654. The normalized spacial score (nSPS) is 10.9. The Kier molecular flexibility index (Phi) is 2.33. The van der Waals surface area contributed by atoms with Gasteiger partial charge in [0.25, 0.3) is 5.56 Å². The van der Waals surface area contributed by atoms with Gasteiger partial charge in [-0.1, -0.05) is 30.3 Å². The zero-order chi connectivity index (χ0) is 12.5. The molecular weight excluding hydrogens is 230 g/mol. The van der Waals surface area contributed by atoms with Gasteiger partial charge in [-0.2, -0.15) is 10.2 Å². The van der Waals surface area contributed by atoms with Crippen molar-refractivity contribution in [2.24, 2.45) is 0 Å². The molecule has 2 aromatic heterocycles. The summed E-state index contributed by atoms with van der Waals surface area (Å²) in [6.07, 6.45) is 0. The number of nitrogen functional groups attached to an aromatic ring is 1. The van der Waals surface area contributed by atoms with Crippen LogP contribution in [0.5, 0.6) is 0 Å². The first-order valence-corrected chi connectivity index (χ1v) is 5.50. The second kappa shape index (κ2) is 3.99. The number of nitrogens with one attached hydrogen (secondary N) is 1. The van der Waals surface area contributed by atoms with E-state index < -0.39 is 0 Å². The second-order valence-corrected chi connectivity index (χ2v) is 4.00. The number of aromatic amines is 1. The summed E-state index contributed by atoms with van der Waals surface area (Å²) in [7, 11) is 0. The first-order valence-electron chi connectivity index (χ1n) is 5.50. The number of aromatic nitrogens is 4. The smallest absolute Gasteiger partial charge is 0.269 e. The van der Waals surface area contributed by atoms with E-state index in [1.165, 1.54) is 10.7 Å². The number of H-pyrrole nitrogens is 1. The van der Waals surface area contributed by atoms with Crippen LogP contribution < -0.4 is 11.3 Å². The van der Waals surface area contributed by atoms with Crippen LogP contribution in [0, 0.1) is 0 Å². The Hall–Kier alpha value is -2.63. The molecule has 3 N–H and O–H groups in total. The van der Waals surface area contributed by atoms with E-state index in [-0.39, 0.29) is 5.56 Å². The third-order valence-electron chi connectivity index (χ3n) is 2.71. The van der Waals surface area contributed by atoms with Crippen LogP contribution in [0.3, 0.4) is 0 Å². The van der Waals surface area contributed by atoms with Crippen molar-refractivity contribution < 1.29 is 0 Å². The molecule has 0 saturated carbocycles. The van der Waals surface area contributed by atoms with Crippen LogP contribution in [0.4, 0.5) is 5.82 Å². The number of anilines is 1. The number of fused-ring (bicyclic) bond motifs is 1. The molecule has 6 nitrogen and oxygen atoms in total. The third kappa shape index (κ3) is 1.73. The Morgan fingerprint density at radius 2 is 2.06 bits per heavy atom. The molecule has 3 aromatic rings. The maximum atomic E-state index is 11.9. The summed E-state index contributed by atoms with van der Waals surface area (Å²) in [6, 6.07) is 11.1. The molecule has 0 saturated heterocycles. The number of hydrogen-bond acceptors (Lipinski definition) is 4. The summed E-state index contributed by atoms with van der Waals surface area (Å²) in [6.45, 7) is 0.417. The average Bonchev–Trinajstić information content (AvgIpc) is 2.73. The van der Waals surface area contributed by atoms with Gasteiger partial charge in [-0.3, -0.25) is 9.89 Å². The minimum Gasteiger partial charge on any atom is -0.380 e. The quantitative estimate of drug-likeness (QED) is 0.692. The van der Waals surface area contributed by atoms with Crippen molar-refractivity contribution in [1.29, 1.82) is 0 Å². The van der Waals surface area contributed by atoms with Gasteiger partial charge in [0, 0.05) is 6.07 Å². The Bertz CT molecular complexity index is 744. The molecule has 6 heteroatoms. The number of rotatable bonds is 2. The summed E-state index contributed by atoms with van der Waals surface area (Å²) in [5.74, 6) is 0.298. The minimum atomic E-state index is -0.185. The standard InChI is InChI=1S/C12H11N5O/c13-12-11-9(14-15-12)6-10(18)17(16-11)7-8-4-2-1-3-5-8/h1-6,14H,7H2,(H2,13,15). The molecular formula is C12H11N5O. The predicted molar refractivity (Wildman–Crippen MR) is 68.1 cm³/mol. The fourth-order valence-electron chi connectivity index (χ4n) is 1.81. The lowest BCUT2D eigenvalue weighted by atomic mass is 10.2. The summed E-state index contributed by atoms with van der Waals surface area (Å²) >= 11 is 0. The van der Waals surface area contributed by atoms with Gasteiger partial charge in [-0.15, -0.1) is 0 Å². The van der Waals surface area contributed by atoms with Crippen LogP contribution in [0.25, 0.3) is 11.0 Å². The molecule has 90 valence electrons. The van der Waals surface area contributed by atoms with Crippen LogP contribution in [0.1, 0.15) is 5.56 Å². The first kappa shape index (κ1) is 10.5. The number of nitrogens with zero attached hydrogens (tertiary/aromatic N) is 3. The van der Waals surface area contributed by atoms with E-state index in [0.29, 0.717) is 23.4 Å². The van der Waals surface area contributed by atoms with E-state index >= 15 is 0 Å². The Morgan fingerprint density at radius 3 is 2.83 bits per heavy atom. The van der Waals surface area contributed by atoms with Crippen LogP contribution in [0.15, 0.2) is 41.2 Å². The Morgan fingerprint density at radius 1 is 1.28 bits per heavy atom. The van der Waals surface area contributed by atoms with Gasteiger partial charge in [-0.25, -0.2) is 4.68 Å². The maximum absolute atomic E-state index is 11.9. The summed E-state index contributed by atoms with van der Waals surface area (Å²) in [5.41, 5.74) is 7.57. The summed E-state index contributed by atoms with van der Waals surface area (Å²) in [5, 5.41) is 10.7. The highest BCUT2D eigenvalue weighted by Crippen LogP contribution is 2.11. The fourth-order valence-corrected chi connectivity index (χ4v) is 1.81. The molecule has 2 heterocycles. The fraction of sp³-hybridized carbons (Fsp3) is 0.0833. The molecule has 0 unspecified atom stereocenters. The van der Waals surface area contributed by atoms with Crippen LogP contribution in [-0.4, -0.2) is 20.0 Å². The minimum absolute atomic E-state index is 0.185. The van der Waals surface area contributed by atoms with Crippen molar-refractivity contribution in [2.75, 3.05) is 5.73 Å². The molecule has 0 aliphatic heterocycles. The molecule has 3 rings (SSSR count). The molecule has 0 fully saturated rings. The van der Waals surface area contributed by atoms with Gasteiger partial charge in [0.05, 0.1) is 12.1 Å². The average molecular weight is 241 g/mol. The molecule has 0 amide bonds. The van der Waals surface area contributed by atoms with E-state index in [9.17, 15) is 4.79 Å². The van der Waals surface area contributed by atoms with E-state index in [1.54, 1.807) is 0 Å². The Balaban J connectivity index is 2.09. The van der Waals surface area contributed by atoms with E-state index in [4.69, 9.17) is 5.73 Å². The van der Waals surface area contributed by atoms with Crippen molar-refractivity contribution in [3.8, 4) is 0 Å². The largest absolute Gasteiger partial charge is 0.380 e. The Labute approximate surface area is 102 Å². The van der Waals surface area contributed by atoms with Gasteiger partial charge < -0.3 is 5.73 Å². The lowest BCUT2D eigenvalue weighted by Gasteiger charge is -2.04. The van der Waals surface area contributed by atoms with E-state index in [2.05, 4.69) is 15.3 Å². The highest BCUT2D eigenvalue weighted by atomic mass is 16.1. The zero-order valence-electron chi connectivity index (χ0n) is 9.50. The molecule has 0 spiro atoms. The predicted octanol–water partition coefficient (Wildman–Crippen LogP) is 0.750. The molecule has 0 aliphatic carbocycles. The SMILES string of the molecule is Nc1n[nH]c2cc(=O)n(Cc3ccccc3)nc12. The van der Waals surface area contributed by atoms with Crippen LogP contribution in [-0.2, 0) is 6.54 Å². The third-order valence-corrected chi connectivity index (χ3v) is 2.71.